The van der Waals surface area contributed by atoms with Crippen LogP contribution in [-0.2, 0) is 21.2 Å². The van der Waals surface area contributed by atoms with Gasteiger partial charge in [0.05, 0.1) is 16.3 Å². The third kappa shape index (κ3) is 5.83. The minimum Gasteiger partial charge on any atom is -0.427 e. The van der Waals surface area contributed by atoms with Crippen LogP contribution in [0.25, 0.3) is 16.9 Å². The standard InChI is InChI=1S/C28H29N3O4S/c1-4-5-9-22-11-17-25(18-12-22)36(33,34)30-28-19-26(23-13-15-24(16-14-23)35-21(3)32)29-31(28)27-10-7-6-8-20(27)2/h6-8,10-19,30H,4-5,9H2,1-3H3. The zero-order valence-corrected chi connectivity index (χ0v) is 21.4. The van der Waals surface area contributed by atoms with E-state index in [2.05, 4.69) is 11.6 Å². The Labute approximate surface area is 211 Å². The SMILES string of the molecule is CCCCc1ccc(S(=O)(=O)Nc2cc(-c3ccc(OC(C)=O)cc3)nn2-c2ccccc2C)cc1. The Bertz CT molecular complexity index is 1460. The van der Waals surface area contributed by atoms with Crippen molar-refractivity contribution in [3.05, 3.63) is 90.0 Å². The Hall–Kier alpha value is -3.91. The fraction of sp³-hybridized carbons (Fsp3) is 0.214. The van der Waals surface area contributed by atoms with E-state index >= 15 is 0 Å². The first-order chi connectivity index (χ1) is 17.3. The normalized spacial score (nSPS) is 11.3. The van der Waals surface area contributed by atoms with Crippen LogP contribution in [0.3, 0.4) is 0 Å². The van der Waals surface area contributed by atoms with E-state index in [1.54, 1.807) is 47.1 Å². The molecule has 0 spiro atoms. The van der Waals surface area contributed by atoms with E-state index in [4.69, 9.17) is 9.84 Å². The first kappa shape index (κ1) is 25.2. The van der Waals surface area contributed by atoms with Gasteiger partial charge in [-0.1, -0.05) is 43.7 Å². The van der Waals surface area contributed by atoms with Gasteiger partial charge in [0.15, 0.2) is 0 Å². The molecule has 4 aromatic rings. The van der Waals surface area contributed by atoms with Crippen LogP contribution in [-0.4, -0.2) is 24.2 Å². The maximum atomic E-state index is 13.3. The molecular formula is C28H29N3O4S. The molecule has 0 saturated heterocycles. The largest absolute Gasteiger partial charge is 0.427 e. The van der Waals surface area contributed by atoms with Crippen LogP contribution in [0.2, 0.25) is 0 Å². The van der Waals surface area contributed by atoms with Gasteiger partial charge in [-0.3, -0.25) is 9.52 Å². The first-order valence-corrected chi connectivity index (χ1v) is 13.3. The molecule has 3 aromatic carbocycles. The number of rotatable bonds is 9. The third-order valence-corrected chi connectivity index (χ3v) is 7.13. The molecule has 0 unspecified atom stereocenters. The van der Waals surface area contributed by atoms with E-state index in [0.717, 1.165) is 41.6 Å². The lowest BCUT2D eigenvalue weighted by Crippen LogP contribution is -2.16. The lowest BCUT2D eigenvalue weighted by molar-refractivity contribution is -0.131. The van der Waals surface area contributed by atoms with E-state index in [1.165, 1.54) is 6.92 Å². The number of nitrogens with zero attached hydrogens (tertiary/aromatic N) is 2. The average molecular weight is 504 g/mol. The second kappa shape index (κ2) is 10.8. The highest BCUT2D eigenvalue weighted by molar-refractivity contribution is 7.92. The van der Waals surface area contributed by atoms with Crippen molar-refractivity contribution in [3.63, 3.8) is 0 Å². The molecule has 186 valence electrons. The van der Waals surface area contributed by atoms with Crippen molar-refractivity contribution in [1.29, 1.82) is 0 Å². The van der Waals surface area contributed by atoms with Crippen molar-refractivity contribution in [2.24, 2.45) is 0 Å². The summed E-state index contributed by atoms with van der Waals surface area (Å²) in [5.41, 5.74) is 4.13. The maximum absolute atomic E-state index is 13.3. The van der Waals surface area contributed by atoms with Crippen molar-refractivity contribution in [1.82, 2.24) is 9.78 Å². The number of hydrogen-bond donors (Lipinski definition) is 1. The zero-order chi connectivity index (χ0) is 25.7. The van der Waals surface area contributed by atoms with Crippen LogP contribution in [0.15, 0.2) is 83.8 Å². The monoisotopic (exact) mass is 503 g/mol. The minimum atomic E-state index is -3.85. The summed E-state index contributed by atoms with van der Waals surface area (Å²) >= 11 is 0. The summed E-state index contributed by atoms with van der Waals surface area (Å²) in [7, 11) is -3.85. The molecule has 0 amide bonds. The Morgan fingerprint density at radius 1 is 1.00 bits per heavy atom. The molecule has 7 nitrogen and oxygen atoms in total. The Balaban J connectivity index is 1.70. The van der Waals surface area contributed by atoms with E-state index < -0.39 is 16.0 Å². The van der Waals surface area contributed by atoms with Crippen LogP contribution >= 0.6 is 0 Å². The number of carbonyl (C=O) groups excluding carboxylic acids is 1. The summed E-state index contributed by atoms with van der Waals surface area (Å²) in [4.78, 5) is 11.4. The summed E-state index contributed by atoms with van der Waals surface area (Å²) in [5, 5.41) is 4.71. The van der Waals surface area contributed by atoms with Gasteiger partial charge in [-0.05, 0) is 73.4 Å². The van der Waals surface area contributed by atoms with Gasteiger partial charge in [0.25, 0.3) is 10.0 Å². The Morgan fingerprint density at radius 3 is 2.33 bits per heavy atom. The van der Waals surface area contributed by atoms with E-state index in [-0.39, 0.29) is 4.90 Å². The molecule has 0 aliphatic carbocycles. The van der Waals surface area contributed by atoms with E-state index in [1.807, 2.05) is 43.3 Å². The van der Waals surface area contributed by atoms with Gasteiger partial charge in [0, 0.05) is 18.6 Å². The number of aryl methyl sites for hydroxylation is 2. The molecule has 0 bridgehead atoms. The molecule has 0 saturated carbocycles. The lowest BCUT2D eigenvalue weighted by atomic mass is 10.1. The number of unbranched alkanes of at least 4 members (excludes halogenated alkanes) is 1. The number of para-hydroxylation sites is 1. The number of nitrogens with one attached hydrogen (secondary N) is 1. The molecule has 4 rings (SSSR count). The van der Waals surface area contributed by atoms with Crippen molar-refractivity contribution < 1.29 is 17.9 Å². The van der Waals surface area contributed by atoms with Crippen LogP contribution in [0.4, 0.5) is 5.82 Å². The van der Waals surface area contributed by atoms with Crippen LogP contribution in [0, 0.1) is 6.92 Å². The van der Waals surface area contributed by atoms with Gasteiger partial charge in [-0.15, -0.1) is 0 Å². The topological polar surface area (TPSA) is 90.3 Å². The van der Waals surface area contributed by atoms with Crippen LogP contribution in [0.5, 0.6) is 5.75 Å². The molecule has 1 heterocycles. The van der Waals surface area contributed by atoms with Crippen molar-refractivity contribution in [2.75, 3.05) is 4.72 Å². The number of aromatic nitrogens is 2. The number of anilines is 1. The first-order valence-electron chi connectivity index (χ1n) is 11.8. The number of ether oxygens (including phenoxy) is 1. The number of carbonyl (C=O) groups is 1. The second-order valence-electron chi connectivity index (χ2n) is 8.58. The predicted octanol–water partition coefficient (Wildman–Crippen LogP) is 5.92. The zero-order valence-electron chi connectivity index (χ0n) is 20.6. The smallest absolute Gasteiger partial charge is 0.308 e. The second-order valence-corrected chi connectivity index (χ2v) is 10.3. The predicted molar refractivity (Wildman–Crippen MR) is 141 cm³/mol. The van der Waals surface area contributed by atoms with Crippen molar-refractivity contribution in [3.8, 4) is 22.7 Å². The number of esters is 1. The van der Waals surface area contributed by atoms with Gasteiger partial charge in [-0.25, -0.2) is 13.1 Å². The summed E-state index contributed by atoms with van der Waals surface area (Å²) < 4.78 is 36.0. The quantitative estimate of drug-likeness (QED) is 0.226. The molecule has 0 fully saturated rings. The highest BCUT2D eigenvalue weighted by Crippen LogP contribution is 2.29. The van der Waals surface area contributed by atoms with Crippen LogP contribution in [0.1, 0.15) is 37.8 Å². The minimum absolute atomic E-state index is 0.188. The third-order valence-electron chi connectivity index (χ3n) is 5.76. The van der Waals surface area contributed by atoms with Gasteiger partial charge in [0.1, 0.15) is 11.6 Å². The highest BCUT2D eigenvalue weighted by Gasteiger charge is 2.20. The number of benzene rings is 3. The Kier molecular flexibility index (Phi) is 7.55. The highest BCUT2D eigenvalue weighted by atomic mass is 32.2. The summed E-state index contributed by atoms with van der Waals surface area (Å²) in [5.74, 6) is 0.341. The van der Waals surface area contributed by atoms with Gasteiger partial charge >= 0.3 is 5.97 Å². The molecule has 36 heavy (non-hydrogen) atoms. The summed E-state index contributed by atoms with van der Waals surface area (Å²) in [6.07, 6.45) is 3.06. The molecule has 0 aliphatic rings. The number of hydrogen-bond acceptors (Lipinski definition) is 5. The molecular weight excluding hydrogens is 474 g/mol. The molecule has 0 aliphatic heterocycles. The summed E-state index contributed by atoms with van der Waals surface area (Å²) in [6, 6.07) is 23.2. The van der Waals surface area contributed by atoms with Crippen molar-refractivity contribution in [2.45, 2.75) is 44.9 Å². The van der Waals surface area contributed by atoms with E-state index in [0.29, 0.717) is 17.3 Å². The lowest BCUT2D eigenvalue weighted by Gasteiger charge is -2.12. The van der Waals surface area contributed by atoms with Crippen LogP contribution < -0.4 is 9.46 Å². The number of sulfonamides is 1. The fourth-order valence-electron chi connectivity index (χ4n) is 3.85. The summed E-state index contributed by atoms with van der Waals surface area (Å²) in [6.45, 7) is 5.41. The Morgan fingerprint density at radius 2 is 1.69 bits per heavy atom. The van der Waals surface area contributed by atoms with Gasteiger partial charge in [-0.2, -0.15) is 5.10 Å². The maximum Gasteiger partial charge on any atom is 0.308 e. The van der Waals surface area contributed by atoms with Crippen molar-refractivity contribution >= 4 is 21.8 Å². The molecule has 8 heteroatoms. The van der Waals surface area contributed by atoms with Gasteiger partial charge < -0.3 is 4.74 Å². The molecule has 1 aromatic heterocycles. The van der Waals surface area contributed by atoms with E-state index in [9.17, 15) is 13.2 Å². The molecule has 1 N–H and O–H groups in total. The van der Waals surface area contributed by atoms with Gasteiger partial charge in [0.2, 0.25) is 0 Å². The molecule has 0 radical (unpaired) electrons. The average Bonchev–Trinajstić information content (AvgIpc) is 3.26. The molecule has 0 atom stereocenters. The fourth-order valence-corrected chi connectivity index (χ4v) is 4.89.